The van der Waals surface area contributed by atoms with Crippen LogP contribution in [-0.4, -0.2) is 52.3 Å². The van der Waals surface area contributed by atoms with Crippen molar-refractivity contribution >= 4 is 23.3 Å². The summed E-state index contributed by atoms with van der Waals surface area (Å²) in [7, 11) is 0. The van der Waals surface area contributed by atoms with E-state index in [9.17, 15) is 4.79 Å². The first-order chi connectivity index (χ1) is 13.3. The highest BCUT2D eigenvalue weighted by Crippen LogP contribution is 2.39. The normalized spacial score (nSPS) is 25.9. The van der Waals surface area contributed by atoms with E-state index >= 15 is 0 Å². The monoisotopic (exact) mass is 405 g/mol. The van der Waals surface area contributed by atoms with Gasteiger partial charge in [-0.1, -0.05) is 28.9 Å². The van der Waals surface area contributed by atoms with Gasteiger partial charge in [0.2, 0.25) is 0 Å². The van der Waals surface area contributed by atoms with Crippen molar-refractivity contribution in [1.82, 2.24) is 15.0 Å². The van der Waals surface area contributed by atoms with E-state index in [0.29, 0.717) is 19.1 Å². The Bertz CT molecular complexity index is 808. The van der Waals surface area contributed by atoms with Gasteiger partial charge in [0.15, 0.2) is 5.76 Å². The van der Waals surface area contributed by atoms with Crippen molar-refractivity contribution in [3.8, 4) is 0 Å². The Morgan fingerprint density at radius 2 is 2.14 bits per heavy atom. The Balaban J connectivity index is 1.43. The second-order valence-electron chi connectivity index (χ2n) is 8.79. The lowest BCUT2D eigenvalue weighted by Gasteiger charge is -2.39. The van der Waals surface area contributed by atoms with Crippen LogP contribution in [0.1, 0.15) is 64.0 Å². The Morgan fingerprint density at radius 3 is 2.89 bits per heavy atom. The number of carbonyl (C=O) groups excluding carboxylic acids is 1. The average Bonchev–Trinajstić information content (AvgIpc) is 3.26. The highest BCUT2D eigenvalue weighted by atomic mass is 35.5. The zero-order chi connectivity index (χ0) is 19.9. The number of amides is 1. The zero-order valence-corrected chi connectivity index (χ0v) is 17.5. The van der Waals surface area contributed by atoms with Gasteiger partial charge in [0.05, 0.1) is 6.04 Å². The molecule has 2 aliphatic heterocycles. The van der Waals surface area contributed by atoms with Crippen molar-refractivity contribution in [1.29, 1.82) is 0 Å². The molecule has 4 rings (SSSR count). The molecule has 152 valence electrons. The first-order valence-corrected chi connectivity index (χ1v) is 10.5. The highest BCUT2D eigenvalue weighted by molar-refractivity contribution is 6.33. The van der Waals surface area contributed by atoms with Gasteiger partial charge < -0.3 is 14.2 Å². The van der Waals surface area contributed by atoms with Crippen molar-refractivity contribution in [2.75, 3.05) is 19.6 Å². The van der Waals surface area contributed by atoms with Crippen LogP contribution in [0.3, 0.4) is 0 Å². The third-order valence-electron chi connectivity index (χ3n) is 5.60. The van der Waals surface area contributed by atoms with Gasteiger partial charge in [-0.05, 0) is 46.5 Å². The van der Waals surface area contributed by atoms with Crippen LogP contribution in [0.2, 0.25) is 0 Å². The summed E-state index contributed by atoms with van der Waals surface area (Å²) in [5, 5.41) is 5.19. The summed E-state index contributed by atoms with van der Waals surface area (Å²) in [6.07, 6.45) is 7.79. The van der Waals surface area contributed by atoms with Gasteiger partial charge in [-0.25, -0.2) is 4.79 Å². The lowest BCUT2D eigenvalue weighted by atomic mass is 10.0. The standard InChI is InChI=1S/C21H28ClN3O3/c1-21(2,3)27-20(26)24-10-11-25-14(13-24)8-9-18(25)17-12-19(28-23-17)15-6-4-5-7-16(15)22/h4,6,12,14,18H,5,7-11,13H2,1-3H3/t14-,18+/m0/s1. The summed E-state index contributed by atoms with van der Waals surface area (Å²) >= 11 is 6.37. The van der Waals surface area contributed by atoms with Gasteiger partial charge in [0.25, 0.3) is 0 Å². The van der Waals surface area contributed by atoms with Gasteiger partial charge in [-0.2, -0.15) is 0 Å². The topological polar surface area (TPSA) is 58.8 Å². The van der Waals surface area contributed by atoms with Gasteiger partial charge in [-0.3, -0.25) is 4.90 Å². The molecule has 6 nitrogen and oxygen atoms in total. The van der Waals surface area contributed by atoms with Gasteiger partial charge in [0.1, 0.15) is 11.3 Å². The van der Waals surface area contributed by atoms with E-state index in [4.69, 9.17) is 20.9 Å². The fourth-order valence-electron chi connectivity index (χ4n) is 4.29. The molecule has 2 fully saturated rings. The lowest BCUT2D eigenvalue weighted by molar-refractivity contribution is 0.00464. The Morgan fingerprint density at radius 1 is 1.32 bits per heavy atom. The molecule has 1 aliphatic carbocycles. The fourth-order valence-corrected chi connectivity index (χ4v) is 4.55. The Hall–Kier alpha value is -1.79. The molecule has 1 amide bonds. The number of aromatic nitrogens is 1. The largest absolute Gasteiger partial charge is 0.444 e. The lowest BCUT2D eigenvalue weighted by Crippen LogP contribution is -2.53. The number of nitrogens with zero attached hydrogens (tertiary/aromatic N) is 3. The molecular weight excluding hydrogens is 378 g/mol. The minimum atomic E-state index is -0.465. The van der Waals surface area contributed by atoms with E-state index in [1.165, 1.54) is 0 Å². The first-order valence-electron chi connectivity index (χ1n) is 10.1. The average molecular weight is 406 g/mol. The number of halogens is 1. The fraction of sp³-hybridized carbons (Fsp3) is 0.619. The molecule has 2 saturated heterocycles. The number of fused-ring (bicyclic) bond motifs is 1. The highest BCUT2D eigenvalue weighted by Gasteiger charge is 2.41. The first kappa shape index (κ1) is 19.5. The maximum atomic E-state index is 12.4. The number of rotatable bonds is 2. The number of piperazine rings is 1. The van der Waals surface area contributed by atoms with Crippen LogP contribution in [0.25, 0.3) is 5.57 Å². The number of allylic oxidation sites excluding steroid dienone is 4. The van der Waals surface area contributed by atoms with Crippen LogP contribution in [-0.2, 0) is 4.74 Å². The number of ether oxygens (including phenoxy) is 1. The van der Waals surface area contributed by atoms with Crippen LogP contribution in [0.5, 0.6) is 0 Å². The van der Waals surface area contributed by atoms with Gasteiger partial charge in [0, 0.05) is 42.3 Å². The molecule has 1 aromatic heterocycles. The maximum Gasteiger partial charge on any atom is 0.410 e. The van der Waals surface area contributed by atoms with Crippen molar-refractivity contribution in [3.05, 3.63) is 34.7 Å². The quantitative estimate of drug-likeness (QED) is 0.711. The van der Waals surface area contributed by atoms with Crippen LogP contribution in [0.4, 0.5) is 4.79 Å². The molecule has 2 atom stereocenters. The minimum absolute atomic E-state index is 0.218. The summed E-state index contributed by atoms with van der Waals surface area (Å²) in [5.41, 5.74) is 1.43. The van der Waals surface area contributed by atoms with E-state index in [1.807, 2.05) is 37.8 Å². The van der Waals surface area contributed by atoms with Crippen LogP contribution >= 0.6 is 11.6 Å². The van der Waals surface area contributed by atoms with Crippen LogP contribution in [0.15, 0.2) is 27.8 Å². The third kappa shape index (κ3) is 3.98. The molecule has 0 N–H and O–H groups in total. The molecule has 0 spiro atoms. The Kier molecular flexibility index (Phi) is 5.27. The van der Waals surface area contributed by atoms with E-state index in [2.05, 4.69) is 16.1 Å². The van der Waals surface area contributed by atoms with Crippen molar-refractivity contribution < 1.29 is 14.1 Å². The molecule has 0 radical (unpaired) electrons. The van der Waals surface area contributed by atoms with Gasteiger partial charge >= 0.3 is 6.09 Å². The number of carbonyl (C=O) groups is 1. The summed E-state index contributed by atoms with van der Waals surface area (Å²) in [4.78, 5) is 16.7. The molecular formula is C21H28ClN3O3. The SMILES string of the molecule is CC(C)(C)OC(=O)N1CCN2[C@@H](CC[C@@H]2c2cc(C3=C(Cl)CCC=C3)on2)C1. The zero-order valence-electron chi connectivity index (χ0n) is 16.8. The molecule has 3 aliphatic rings. The van der Waals surface area contributed by atoms with E-state index in [1.54, 1.807) is 0 Å². The molecule has 0 aromatic carbocycles. The molecule has 28 heavy (non-hydrogen) atoms. The molecule has 3 heterocycles. The second-order valence-corrected chi connectivity index (χ2v) is 9.24. The van der Waals surface area contributed by atoms with E-state index in [0.717, 1.165) is 54.3 Å². The summed E-state index contributed by atoms with van der Waals surface area (Å²) in [6.45, 7) is 7.90. The predicted octanol–water partition coefficient (Wildman–Crippen LogP) is 4.73. The van der Waals surface area contributed by atoms with Crippen molar-refractivity contribution in [2.45, 2.75) is 64.1 Å². The van der Waals surface area contributed by atoms with Crippen molar-refractivity contribution in [2.24, 2.45) is 0 Å². The second kappa shape index (κ2) is 7.56. The molecule has 7 heteroatoms. The predicted molar refractivity (Wildman–Crippen MR) is 108 cm³/mol. The Labute approximate surface area is 171 Å². The summed E-state index contributed by atoms with van der Waals surface area (Å²) in [6, 6.07) is 2.60. The number of hydrogen-bond acceptors (Lipinski definition) is 5. The molecule has 0 unspecified atom stereocenters. The van der Waals surface area contributed by atoms with Gasteiger partial charge in [-0.15, -0.1) is 0 Å². The van der Waals surface area contributed by atoms with E-state index < -0.39 is 5.60 Å². The maximum absolute atomic E-state index is 12.4. The minimum Gasteiger partial charge on any atom is -0.444 e. The van der Waals surface area contributed by atoms with Crippen LogP contribution < -0.4 is 0 Å². The third-order valence-corrected chi connectivity index (χ3v) is 5.99. The summed E-state index contributed by atoms with van der Waals surface area (Å²) in [5.74, 6) is 0.742. The summed E-state index contributed by atoms with van der Waals surface area (Å²) < 4.78 is 11.2. The van der Waals surface area contributed by atoms with Crippen molar-refractivity contribution in [3.63, 3.8) is 0 Å². The smallest absolute Gasteiger partial charge is 0.410 e. The van der Waals surface area contributed by atoms with E-state index in [-0.39, 0.29) is 12.1 Å². The number of hydrogen-bond donors (Lipinski definition) is 0. The molecule has 0 saturated carbocycles. The van der Waals surface area contributed by atoms with Crippen LogP contribution in [0, 0.1) is 0 Å². The molecule has 0 bridgehead atoms. The molecule has 1 aromatic rings.